The van der Waals surface area contributed by atoms with Crippen LogP contribution in [0.5, 0.6) is 0 Å². The van der Waals surface area contributed by atoms with E-state index in [0.29, 0.717) is 18.7 Å². The maximum atomic E-state index is 12.0. The smallest absolute Gasteiger partial charge is 0.238 e. The van der Waals surface area contributed by atoms with Crippen molar-refractivity contribution in [3.8, 4) is 0 Å². The van der Waals surface area contributed by atoms with Crippen LogP contribution in [0.25, 0.3) is 0 Å². The zero-order chi connectivity index (χ0) is 35.2. The number of nitrogens with one attached hydrogen (secondary N) is 2. The summed E-state index contributed by atoms with van der Waals surface area (Å²) in [7, 11) is 0. The van der Waals surface area contributed by atoms with Gasteiger partial charge in [-0.25, -0.2) is 0 Å². The van der Waals surface area contributed by atoms with E-state index in [0.717, 1.165) is 51.6 Å². The molecule has 0 saturated heterocycles. The van der Waals surface area contributed by atoms with Crippen molar-refractivity contribution >= 4 is 17.7 Å². The summed E-state index contributed by atoms with van der Waals surface area (Å²) in [6.07, 6.45) is 41.5. The van der Waals surface area contributed by atoms with Crippen molar-refractivity contribution in [1.29, 1.82) is 0 Å². The second kappa shape index (κ2) is 38.2. The van der Waals surface area contributed by atoms with E-state index < -0.39 is 0 Å². The minimum absolute atomic E-state index is 0.0648. The lowest BCUT2D eigenvalue weighted by Crippen LogP contribution is -2.41. The average molecular weight is 678 g/mol. The van der Waals surface area contributed by atoms with E-state index in [9.17, 15) is 14.4 Å². The summed E-state index contributed by atoms with van der Waals surface area (Å²) in [6.45, 7) is 8.06. The molecule has 0 spiro atoms. The predicted molar refractivity (Wildman–Crippen MR) is 207 cm³/mol. The van der Waals surface area contributed by atoms with Gasteiger partial charge in [-0.1, -0.05) is 187 Å². The first-order chi connectivity index (χ1) is 23.5. The van der Waals surface area contributed by atoms with Gasteiger partial charge in [-0.05, 0) is 33.1 Å². The van der Waals surface area contributed by atoms with Gasteiger partial charge in [0.05, 0.1) is 0 Å². The number of nitrogens with zero attached hydrogens (tertiary/aromatic N) is 1. The Balaban J connectivity index is 3.30. The topological polar surface area (TPSA) is 78.5 Å². The van der Waals surface area contributed by atoms with Gasteiger partial charge in [0.2, 0.25) is 17.7 Å². The first kappa shape index (κ1) is 46.4. The van der Waals surface area contributed by atoms with E-state index in [2.05, 4.69) is 31.6 Å². The van der Waals surface area contributed by atoms with Crippen LogP contribution in [-0.2, 0) is 14.4 Å². The molecular weight excluding hydrogens is 594 g/mol. The van der Waals surface area contributed by atoms with Crippen LogP contribution in [-0.4, -0.2) is 35.7 Å². The number of carbonyl (C=O) groups is 3. The zero-order valence-corrected chi connectivity index (χ0v) is 32.6. The second-order valence-corrected chi connectivity index (χ2v) is 14.5. The van der Waals surface area contributed by atoms with E-state index in [1.54, 1.807) is 0 Å². The van der Waals surface area contributed by atoms with Crippen LogP contribution in [0.4, 0.5) is 0 Å². The van der Waals surface area contributed by atoms with Crippen molar-refractivity contribution in [2.24, 2.45) is 0 Å². The Bertz CT molecular complexity index is 710. The fourth-order valence-corrected chi connectivity index (χ4v) is 6.69. The fraction of sp³-hybridized carbons (Fsp3) is 0.929. The van der Waals surface area contributed by atoms with Gasteiger partial charge in [-0.2, -0.15) is 0 Å². The fourth-order valence-electron chi connectivity index (χ4n) is 6.69. The molecule has 0 heterocycles. The third-order valence-electron chi connectivity index (χ3n) is 10.0. The summed E-state index contributed by atoms with van der Waals surface area (Å²) in [5.41, 5.74) is 5.20. The van der Waals surface area contributed by atoms with Crippen molar-refractivity contribution in [3.05, 3.63) is 0 Å². The number of amides is 3. The normalized spacial score (nSPS) is 11.1. The lowest BCUT2D eigenvalue weighted by molar-refractivity contribution is -0.131. The van der Waals surface area contributed by atoms with Crippen molar-refractivity contribution in [2.45, 2.75) is 239 Å². The van der Waals surface area contributed by atoms with Crippen molar-refractivity contribution in [2.75, 3.05) is 13.1 Å². The monoisotopic (exact) mass is 678 g/mol. The molecule has 284 valence electrons. The Morgan fingerprint density at radius 2 is 0.562 bits per heavy atom. The third kappa shape index (κ3) is 34.3. The third-order valence-corrected chi connectivity index (χ3v) is 10.0. The molecule has 0 aliphatic heterocycles. The highest BCUT2D eigenvalue weighted by molar-refractivity contribution is 5.81. The summed E-state index contributed by atoms with van der Waals surface area (Å²) in [4.78, 5) is 38.0. The summed E-state index contributed by atoms with van der Waals surface area (Å²) in [6, 6.07) is 0. The summed E-state index contributed by atoms with van der Waals surface area (Å²) in [5.74, 6) is 0.190. The van der Waals surface area contributed by atoms with Gasteiger partial charge >= 0.3 is 0 Å². The average Bonchev–Trinajstić information content (AvgIpc) is 3.09. The molecule has 3 amide bonds. The highest BCUT2D eigenvalue weighted by atomic mass is 16.2. The molecule has 0 rings (SSSR count). The van der Waals surface area contributed by atoms with E-state index >= 15 is 0 Å². The number of unbranched alkanes of at least 4 members (excludes halogenated alkanes) is 29. The predicted octanol–water partition coefficient (Wildman–Crippen LogP) is 12.3. The SMILES string of the molecule is CCCCCCCCCCCCCCCCCC(=O)NNC(=O)CCCCCCCCCCCCCCCCCCC(=O)N(CC)CC. The Labute approximate surface area is 299 Å². The van der Waals surface area contributed by atoms with E-state index in [1.807, 2.05) is 4.90 Å². The molecular formula is C42H83N3O3. The molecule has 2 N–H and O–H groups in total. The molecule has 0 aliphatic rings. The first-order valence-electron chi connectivity index (χ1n) is 21.4. The molecule has 0 fully saturated rings. The van der Waals surface area contributed by atoms with Crippen LogP contribution in [0.2, 0.25) is 0 Å². The molecule has 0 aromatic rings. The summed E-state index contributed by atoms with van der Waals surface area (Å²) < 4.78 is 0. The summed E-state index contributed by atoms with van der Waals surface area (Å²) in [5, 5.41) is 0. The molecule has 6 nitrogen and oxygen atoms in total. The van der Waals surface area contributed by atoms with Gasteiger partial charge in [-0.15, -0.1) is 0 Å². The number of hydrogen-bond acceptors (Lipinski definition) is 3. The van der Waals surface area contributed by atoms with Gasteiger partial charge in [0, 0.05) is 32.4 Å². The van der Waals surface area contributed by atoms with Crippen molar-refractivity contribution in [3.63, 3.8) is 0 Å². The second-order valence-electron chi connectivity index (χ2n) is 14.5. The molecule has 0 bridgehead atoms. The maximum Gasteiger partial charge on any atom is 0.238 e. The molecule has 0 saturated carbocycles. The molecule has 0 unspecified atom stereocenters. The standard InChI is InChI=1S/C42H83N3O3/c1-4-7-8-9-10-11-12-13-16-19-22-25-28-31-34-37-40(46)43-44-41(47)38-35-32-29-26-23-20-17-14-15-18-21-24-27-30-33-36-39-42(48)45(5-2)6-3/h4-39H2,1-3H3,(H,43,46)(H,44,47). The number of carbonyl (C=O) groups excluding carboxylic acids is 3. The Morgan fingerprint density at radius 1 is 0.333 bits per heavy atom. The number of hydrazine groups is 1. The molecule has 0 aliphatic carbocycles. The van der Waals surface area contributed by atoms with Crippen LogP contribution < -0.4 is 10.9 Å². The van der Waals surface area contributed by atoms with E-state index in [1.165, 1.54) is 167 Å². The molecule has 0 aromatic carbocycles. The number of rotatable bonds is 37. The van der Waals surface area contributed by atoms with Crippen LogP contribution >= 0.6 is 0 Å². The lowest BCUT2D eigenvalue weighted by atomic mass is 10.0. The summed E-state index contributed by atoms with van der Waals surface area (Å²) >= 11 is 0. The van der Waals surface area contributed by atoms with Crippen LogP contribution in [0.1, 0.15) is 239 Å². The van der Waals surface area contributed by atoms with E-state index in [-0.39, 0.29) is 11.8 Å². The van der Waals surface area contributed by atoms with Gasteiger partial charge in [-0.3, -0.25) is 25.2 Å². The van der Waals surface area contributed by atoms with Crippen molar-refractivity contribution in [1.82, 2.24) is 15.8 Å². The van der Waals surface area contributed by atoms with Gasteiger partial charge in [0.15, 0.2) is 0 Å². The Morgan fingerprint density at radius 3 is 0.812 bits per heavy atom. The van der Waals surface area contributed by atoms with E-state index in [4.69, 9.17) is 0 Å². The Kier molecular flexibility index (Phi) is 36.9. The number of hydrogen-bond donors (Lipinski definition) is 2. The van der Waals surface area contributed by atoms with Crippen LogP contribution in [0.3, 0.4) is 0 Å². The molecule has 6 heteroatoms. The van der Waals surface area contributed by atoms with Crippen LogP contribution in [0.15, 0.2) is 0 Å². The van der Waals surface area contributed by atoms with Gasteiger partial charge in [0.1, 0.15) is 0 Å². The van der Waals surface area contributed by atoms with Crippen LogP contribution in [0, 0.1) is 0 Å². The lowest BCUT2D eigenvalue weighted by Gasteiger charge is -2.18. The minimum Gasteiger partial charge on any atom is -0.343 e. The minimum atomic E-state index is -0.0674. The Hall–Kier alpha value is -1.59. The highest BCUT2D eigenvalue weighted by Gasteiger charge is 2.08. The van der Waals surface area contributed by atoms with Crippen molar-refractivity contribution < 1.29 is 14.4 Å². The first-order valence-corrected chi connectivity index (χ1v) is 21.4. The van der Waals surface area contributed by atoms with Gasteiger partial charge < -0.3 is 4.90 Å². The molecule has 0 radical (unpaired) electrons. The maximum absolute atomic E-state index is 12.0. The zero-order valence-electron chi connectivity index (χ0n) is 32.6. The molecule has 48 heavy (non-hydrogen) atoms. The quantitative estimate of drug-likeness (QED) is 0.0507. The molecule has 0 aromatic heterocycles. The largest absolute Gasteiger partial charge is 0.343 e. The van der Waals surface area contributed by atoms with Gasteiger partial charge in [0.25, 0.3) is 0 Å². The molecule has 0 atom stereocenters. The highest BCUT2D eigenvalue weighted by Crippen LogP contribution is 2.16.